The van der Waals surface area contributed by atoms with Gasteiger partial charge in [0.2, 0.25) is 5.79 Å². The second-order valence-electron chi connectivity index (χ2n) is 9.10. The van der Waals surface area contributed by atoms with Gasteiger partial charge in [0, 0.05) is 17.8 Å². The van der Waals surface area contributed by atoms with Gasteiger partial charge in [-0.05, 0) is 51.9 Å². The monoisotopic (exact) mass is 340 g/mol. The van der Waals surface area contributed by atoms with Gasteiger partial charge < -0.3 is 14.2 Å². The van der Waals surface area contributed by atoms with E-state index < -0.39 is 17.7 Å². The molecule has 4 heterocycles. The van der Waals surface area contributed by atoms with Crippen molar-refractivity contribution in [1.82, 2.24) is 0 Å². The Bertz CT molecular complexity index is 510. The summed E-state index contributed by atoms with van der Waals surface area (Å²) in [5, 5.41) is 0. The van der Waals surface area contributed by atoms with E-state index in [0.717, 1.165) is 19.3 Å². The quantitative estimate of drug-likeness (QED) is 0.711. The molecule has 138 valence electrons. The summed E-state index contributed by atoms with van der Waals surface area (Å²) in [6.45, 7) is 12.9. The lowest BCUT2D eigenvalue weighted by atomic mass is 9.50. The number of ether oxygens (including phenoxy) is 3. The van der Waals surface area contributed by atoms with Crippen LogP contribution in [0.1, 0.15) is 67.2 Å². The largest absolute Gasteiger partial charge is 0.350 e. The molecule has 1 spiro atoms. The molecule has 4 saturated heterocycles. The Morgan fingerprint density at radius 3 is 2.50 bits per heavy atom. The predicted molar refractivity (Wildman–Crippen MR) is 87.7 cm³/mol. The van der Waals surface area contributed by atoms with E-state index in [-0.39, 0.29) is 23.7 Å². The van der Waals surface area contributed by atoms with Crippen LogP contribution in [-0.2, 0) is 24.0 Å². The molecule has 5 fully saturated rings. The van der Waals surface area contributed by atoms with Gasteiger partial charge in [0.25, 0.3) is 0 Å². The van der Waals surface area contributed by atoms with Gasteiger partial charge in [-0.1, -0.05) is 20.8 Å². The van der Waals surface area contributed by atoms with Crippen LogP contribution >= 0.6 is 0 Å². The van der Waals surface area contributed by atoms with E-state index in [2.05, 4.69) is 34.6 Å². The Balaban J connectivity index is 1.80. The summed E-state index contributed by atoms with van der Waals surface area (Å²) in [4.78, 5) is 12.1. The van der Waals surface area contributed by atoms with Crippen LogP contribution in [0.2, 0.25) is 0 Å². The molecule has 1 aliphatic carbocycles. The molecule has 8 atom stereocenters. The number of rotatable bonds is 2. The molecular formula is C19H32O5. The minimum atomic E-state index is -0.725. The second kappa shape index (κ2) is 5.40. The molecule has 5 heteroatoms. The molecule has 5 aliphatic rings. The first-order valence-electron chi connectivity index (χ1n) is 9.57. The molecule has 0 aromatic carbocycles. The van der Waals surface area contributed by atoms with Gasteiger partial charge in [0.05, 0.1) is 6.10 Å². The zero-order chi connectivity index (χ0) is 17.3. The van der Waals surface area contributed by atoms with Crippen LogP contribution in [-0.4, -0.2) is 30.1 Å². The molecule has 5 nitrogen and oxygen atoms in total. The second-order valence-corrected chi connectivity index (χ2v) is 9.10. The van der Waals surface area contributed by atoms with Gasteiger partial charge in [0.1, 0.15) is 0 Å². The number of hydrogen-bond donors (Lipinski definition) is 0. The van der Waals surface area contributed by atoms with E-state index in [1.165, 1.54) is 6.42 Å². The molecule has 0 aromatic rings. The van der Waals surface area contributed by atoms with E-state index in [9.17, 15) is 0 Å². The van der Waals surface area contributed by atoms with Gasteiger partial charge in [-0.15, -0.1) is 0 Å². The smallest absolute Gasteiger partial charge is 0.201 e. The molecule has 1 unspecified atom stereocenters. The standard InChI is InChI=1S/C19H32O5/c1-11(2)20-15-13(4)17(5)9-7-12(3)14-8-10-18(6)22-16(21-15)19(14,17)24-23-18/h11-16H,7-10H2,1-6H3/t12-,13+,14+,15?,16-,17+,18+,19+/m1/s1. The third-order valence-electron chi connectivity index (χ3n) is 7.30. The normalized spacial score (nSPS) is 56.9. The minimum Gasteiger partial charge on any atom is -0.350 e. The van der Waals surface area contributed by atoms with Crippen LogP contribution in [0, 0.1) is 23.2 Å². The molecule has 0 aromatic heterocycles. The summed E-state index contributed by atoms with van der Waals surface area (Å²) in [5.41, 5.74) is -0.644. The minimum absolute atomic E-state index is 0.0989. The summed E-state index contributed by atoms with van der Waals surface area (Å²) >= 11 is 0. The summed E-state index contributed by atoms with van der Waals surface area (Å²) in [6, 6.07) is 0. The van der Waals surface area contributed by atoms with Gasteiger partial charge in [-0.3, -0.25) is 0 Å². The van der Waals surface area contributed by atoms with Crippen molar-refractivity contribution in [3.05, 3.63) is 0 Å². The third-order valence-corrected chi connectivity index (χ3v) is 7.30. The highest BCUT2D eigenvalue weighted by Crippen LogP contribution is 2.66. The molecule has 24 heavy (non-hydrogen) atoms. The fourth-order valence-electron chi connectivity index (χ4n) is 5.59. The van der Waals surface area contributed by atoms with E-state index in [1.54, 1.807) is 0 Å². The Morgan fingerprint density at radius 1 is 1.04 bits per heavy atom. The average Bonchev–Trinajstić information content (AvgIpc) is 2.74. The fraction of sp³-hybridized carbons (Fsp3) is 1.00. The molecule has 1 saturated carbocycles. The van der Waals surface area contributed by atoms with Crippen molar-refractivity contribution >= 4 is 0 Å². The molecule has 0 amide bonds. The molecule has 0 radical (unpaired) electrons. The SMILES string of the molecule is CC(C)OC1O[C@@H]2O[C@]3(C)CC[C@H]4[C@H](C)CC[C@@](C)([C@H]1C)[C@@]24OO3. The lowest BCUT2D eigenvalue weighted by Crippen LogP contribution is -2.74. The summed E-state index contributed by atoms with van der Waals surface area (Å²) in [6.07, 6.45) is 3.58. The van der Waals surface area contributed by atoms with Crippen molar-refractivity contribution in [3.63, 3.8) is 0 Å². The van der Waals surface area contributed by atoms with Crippen LogP contribution in [0.15, 0.2) is 0 Å². The van der Waals surface area contributed by atoms with Gasteiger partial charge in [-0.2, -0.15) is 0 Å². The van der Waals surface area contributed by atoms with Crippen molar-refractivity contribution in [1.29, 1.82) is 0 Å². The van der Waals surface area contributed by atoms with Crippen LogP contribution < -0.4 is 0 Å². The summed E-state index contributed by atoms with van der Waals surface area (Å²) in [7, 11) is 0. The van der Waals surface area contributed by atoms with Crippen molar-refractivity contribution in [2.45, 2.75) is 97.3 Å². The van der Waals surface area contributed by atoms with Crippen LogP contribution in [0.4, 0.5) is 0 Å². The van der Waals surface area contributed by atoms with E-state index in [0.29, 0.717) is 11.8 Å². The molecule has 0 N–H and O–H groups in total. The first-order chi connectivity index (χ1) is 11.2. The highest BCUT2D eigenvalue weighted by molar-refractivity contribution is 5.14. The Hall–Kier alpha value is -0.200. The first-order valence-corrected chi connectivity index (χ1v) is 9.57. The highest BCUT2D eigenvalue weighted by atomic mass is 17.3. The number of hydrogen-bond acceptors (Lipinski definition) is 5. The molecule has 4 aliphatic heterocycles. The van der Waals surface area contributed by atoms with Gasteiger partial charge in [0.15, 0.2) is 18.2 Å². The van der Waals surface area contributed by atoms with Gasteiger partial charge in [-0.25, -0.2) is 9.78 Å². The lowest BCUT2D eigenvalue weighted by Gasteiger charge is -2.65. The molecule has 2 bridgehead atoms. The maximum Gasteiger partial charge on any atom is 0.201 e. The predicted octanol–water partition coefficient (Wildman–Crippen LogP) is 4.01. The maximum absolute atomic E-state index is 6.38. The van der Waals surface area contributed by atoms with E-state index in [4.69, 9.17) is 24.0 Å². The lowest BCUT2D eigenvalue weighted by molar-refractivity contribution is -0.588. The highest BCUT2D eigenvalue weighted by Gasteiger charge is 2.74. The average molecular weight is 340 g/mol. The first kappa shape index (κ1) is 17.2. The summed E-state index contributed by atoms with van der Waals surface area (Å²) < 4.78 is 18.9. The topological polar surface area (TPSA) is 46.2 Å². The molecular weight excluding hydrogens is 308 g/mol. The maximum atomic E-state index is 6.38. The Morgan fingerprint density at radius 2 is 1.79 bits per heavy atom. The fourth-order valence-corrected chi connectivity index (χ4v) is 5.59. The van der Waals surface area contributed by atoms with Crippen molar-refractivity contribution in [2.75, 3.05) is 0 Å². The van der Waals surface area contributed by atoms with Crippen LogP contribution in [0.5, 0.6) is 0 Å². The zero-order valence-electron chi connectivity index (χ0n) is 15.8. The van der Waals surface area contributed by atoms with E-state index >= 15 is 0 Å². The zero-order valence-corrected chi connectivity index (χ0v) is 15.8. The van der Waals surface area contributed by atoms with Crippen molar-refractivity contribution in [3.8, 4) is 0 Å². The van der Waals surface area contributed by atoms with Crippen LogP contribution in [0.25, 0.3) is 0 Å². The third kappa shape index (κ3) is 2.11. The molecule has 5 rings (SSSR count). The Labute approximate surface area is 145 Å². The van der Waals surface area contributed by atoms with E-state index in [1.807, 2.05) is 6.92 Å². The Kier molecular flexibility index (Phi) is 3.87. The van der Waals surface area contributed by atoms with Crippen molar-refractivity contribution in [2.24, 2.45) is 23.2 Å². The summed E-state index contributed by atoms with van der Waals surface area (Å²) in [5.74, 6) is 0.442. The van der Waals surface area contributed by atoms with Gasteiger partial charge >= 0.3 is 0 Å². The van der Waals surface area contributed by atoms with Crippen LogP contribution in [0.3, 0.4) is 0 Å². The number of fused-ring (bicyclic) bond motifs is 2. The van der Waals surface area contributed by atoms with Crippen molar-refractivity contribution < 1.29 is 24.0 Å².